The van der Waals surface area contributed by atoms with Gasteiger partial charge < -0.3 is 15.1 Å². The summed E-state index contributed by atoms with van der Waals surface area (Å²) in [6.07, 6.45) is 1.25. The van der Waals surface area contributed by atoms with Gasteiger partial charge in [-0.3, -0.25) is 0 Å². The second-order valence-electron chi connectivity index (χ2n) is 5.63. The normalized spacial score (nSPS) is 24.9. The summed E-state index contributed by atoms with van der Waals surface area (Å²) in [6, 6.07) is 6.89. The smallest absolute Gasteiger partial charge is 0.123 e. The Hall–Kier alpha value is -1.13. The maximum absolute atomic E-state index is 12.9. The Kier molecular flexibility index (Phi) is 3.99. The molecular formula is C15H22FN3. The van der Waals surface area contributed by atoms with E-state index in [1.54, 1.807) is 12.1 Å². The van der Waals surface area contributed by atoms with Crippen molar-refractivity contribution in [3.8, 4) is 0 Å². The molecule has 0 aliphatic carbocycles. The molecule has 1 atom stereocenters. The van der Waals surface area contributed by atoms with Crippen LogP contribution >= 0.6 is 0 Å². The first-order valence-electron chi connectivity index (χ1n) is 7.25. The second kappa shape index (κ2) is 5.88. The number of rotatable bonds is 3. The molecule has 1 aromatic rings. The fourth-order valence-electron chi connectivity index (χ4n) is 3.13. The molecule has 0 spiro atoms. The van der Waals surface area contributed by atoms with Crippen LogP contribution in [-0.2, 0) is 0 Å². The van der Waals surface area contributed by atoms with Gasteiger partial charge in [-0.15, -0.1) is 0 Å². The summed E-state index contributed by atoms with van der Waals surface area (Å²) in [5.41, 5.74) is 1.16. The van der Waals surface area contributed by atoms with Crippen molar-refractivity contribution in [1.29, 1.82) is 0 Å². The molecule has 0 saturated carbocycles. The van der Waals surface area contributed by atoms with Crippen molar-refractivity contribution in [3.05, 3.63) is 30.1 Å². The summed E-state index contributed by atoms with van der Waals surface area (Å²) in [5, 5.41) is 3.39. The third kappa shape index (κ3) is 3.25. The van der Waals surface area contributed by atoms with Crippen LogP contribution in [0, 0.1) is 11.7 Å². The lowest BCUT2D eigenvalue weighted by Crippen LogP contribution is -2.45. The highest BCUT2D eigenvalue weighted by molar-refractivity contribution is 5.47. The molecule has 1 unspecified atom stereocenters. The molecule has 2 aliphatic rings. The number of halogens is 1. The summed E-state index contributed by atoms with van der Waals surface area (Å²) in [4.78, 5) is 4.95. The topological polar surface area (TPSA) is 18.5 Å². The van der Waals surface area contributed by atoms with Crippen LogP contribution in [0.4, 0.5) is 10.1 Å². The molecule has 2 heterocycles. The van der Waals surface area contributed by atoms with Gasteiger partial charge >= 0.3 is 0 Å². The van der Waals surface area contributed by atoms with E-state index in [0.717, 1.165) is 37.8 Å². The van der Waals surface area contributed by atoms with Crippen LogP contribution in [0.5, 0.6) is 0 Å². The number of hydrogen-bond donors (Lipinski definition) is 1. The first-order chi connectivity index (χ1) is 9.31. The minimum Gasteiger partial charge on any atom is -0.371 e. The zero-order valence-electron chi connectivity index (χ0n) is 11.3. The maximum atomic E-state index is 12.9. The Morgan fingerprint density at radius 2 is 1.84 bits per heavy atom. The summed E-state index contributed by atoms with van der Waals surface area (Å²) >= 11 is 0. The number of hydrogen-bond acceptors (Lipinski definition) is 3. The van der Waals surface area contributed by atoms with Crippen LogP contribution in [0.3, 0.4) is 0 Å². The van der Waals surface area contributed by atoms with Crippen LogP contribution < -0.4 is 10.2 Å². The Morgan fingerprint density at radius 3 is 2.58 bits per heavy atom. The highest BCUT2D eigenvalue weighted by atomic mass is 19.1. The number of nitrogens with zero attached hydrogens (tertiary/aromatic N) is 2. The van der Waals surface area contributed by atoms with Gasteiger partial charge in [0.05, 0.1) is 0 Å². The fraction of sp³-hybridized carbons (Fsp3) is 0.600. The predicted octanol–water partition coefficient (Wildman–Crippen LogP) is 1.56. The molecule has 0 bridgehead atoms. The van der Waals surface area contributed by atoms with E-state index in [1.807, 2.05) is 12.1 Å². The molecule has 3 nitrogen and oxygen atoms in total. The van der Waals surface area contributed by atoms with E-state index in [2.05, 4.69) is 15.1 Å². The molecular weight excluding hydrogens is 241 g/mol. The summed E-state index contributed by atoms with van der Waals surface area (Å²) in [7, 11) is 0. The fourth-order valence-corrected chi connectivity index (χ4v) is 3.13. The van der Waals surface area contributed by atoms with Crippen molar-refractivity contribution in [2.75, 3.05) is 50.7 Å². The highest BCUT2D eigenvalue weighted by Gasteiger charge is 2.25. The van der Waals surface area contributed by atoms with E-state index in [-0.39, 0.29) is 5.82 Å². The van der Waals surface area contributed by atoms with Crippen molar-refractivity contribution in [1.82, 2.24) is 10.2 Å². The SMILES string of the molecule is Fc1ccc(N2CCC(CN3CCNCC3)C2)cc1. The Morgan fingerprint density at radius 1 is 1.11 bits per heavy atom. The third-order valence-corrected chi connectivity index (χ3v) is 4.20. The van der Waals surface area contributed by atoms with Crippen LogP contribution in [0.2, 0.25) is 0 Å². The highest BCUT2D eigenvalue weighted by Crippen LogP contribution is 2.24. The zero-order chi connectivity index (χ0) is 13.1. The van der Waals surface area contributed by atoms with Crippen LogP contribution in [0.25, 0.3) is 0 Å². The molecule has 0 aromatic heterocycles. The lowest BCUT2D eigenvalue weighted by molar-refractivity contribution is 0.212. The summed E-state index contributed by atoms with van der Waals surface area (Å²) in [6.45, 7) is 8.00. The lowest BCUT2D eigenvalue weighted by Gasteiger charge is -2.29. The molecule has 1 N–H and O–H groups in total. The average molecular weight is 263 g/mol. The molecule has 3 rings (SSSR count). The molecule has 0 radical (unpaired) electrons. The maximum Gasteiger partial charge on any atom is 0.123 e. The minimum absolute atomic E-state index is 0.152. The molecule has 104 valence electrons. The molecule has 4 heteroatoms. The minimum atomic E-state index is -0.152. The van der Waals surface area contributed by atoms with E-state index in [0.29, 0.717) is 0 Å². The van der Waals surface area contributed by atoms with Crippen molar-refractivity contribution < 1.29 is 4.39 Å². The van der Waals surface area contributed by atoms with Gasteiger partial charge in [0, 0.05) is 51.5 Å². The first kappa shape index (κ1) is 12.9. The van der Waals surface area contributed by atoms with Gasteiger partial charge in [0.2, 0.25) is 0 Å². The van der Waals surface area contributed by atoms with Crippen molar-refractivity contribution in [2.45, 2.75) is 6.42 Å². The van der Waals surface area contributed by atoms with E-state index in [9.17, 15) is 4.39 Å². The monoisotopic (exact) mass is 263 g/mol. The van der Waals surface area contributed by atoms with E-state index >= 15 is 0 Å². The molecule has 1 aromatic carbocycles. The van der Waals surface area contributed by atoms with Crippen LogP contribution in [0.15, 0.2) is 24.3 Å². The lowest BCUT2D eigenvalue weighted by atomic mass is 10.1. The number of piperazine rings is 1. The zero-order valence-corrected chi connectivity index (χ0v) is 11.3. The average Bonchev–Trinajstić information content (AvgIpc) is 2.89. The largest absolute Gasteiger partial charge is 0.371 e. The van der Waals surface area contributed by atoms with Gasteiger partial charge in [-0.05, 0) is 36.6 Å². The number of nitrogens with one attached hydrogen (secondary N) is 1. The van der Waals surface area contributed by atoms with Gasteiger partial charge in [0.25, 0.3) is 0 Å². The molecule has 19 heavy (non-hydrogen) atoms. The van der Waals surface area contributed by atoms with Crippen molar-refractivity contribution in [2.24, 2.45) is 5.92 Å². The quantitative estimate of drug-likeness (QED) is 0.893. The van der Waals surface area contributed by atoms with Crippen molar-refractivity contribution >= 4 is 5.69 Å². The molecule has 2 aliphatic heterocycles. The first-order valence-corrected chi connectivity index (χ1v) is 7.25. The molecule has 2 saturated heterocycles. The van der Waals surface area contributed by atoms with E-state index in [1.165, 1.54) is 26.1 Å². The third-order valence-electron chi connectivity index (χ3n) is 4.20. The molecule has 0 amide bonds. The van der Waals surface area contributed by atoms with Crippen LogP contribution in [0.1, 0.15) is 6.42 Å². The number of benzene rings is 1. The van der Waals surface area contributed by atoms with Gasteiger partial charge in [0.1, 0.15) is 5.82 Å². The van der Waals surface area contributed by atoms with E-state index in [4.69, 9.17) is 0 Å². The van der Waals surface area contributed by atoms with Crippen molar-refractivity contribution in [3.63, 3.8) is 0 Å². The van der Waals surface area contributed by atoms with Crippen LogP contribution in [-0.4, -0.2) is 50.7 Å². The van der Waals surface area contributed by atoms with Gasteiger partial charge in [-0.2, -0.15) is 0 Å². The van der Waals surface area contributed by atoms with Gasteiger partial charge in [-0.25, -0.2) is 4.39 Å². The Bertz CT molecular complexity index is 400. The van der Waals surface area contributed by atoms with Gasteiger partial charge in [-0.1, -0.05) is 0 Å². The standard InChI is InChI=1S/C15H22FN3/c16-14-1-3-15(4-2-14)19-8-5-13(12-19)11-18-9-6-17-7-10-18/h1-4,13,17H,5-12H2. The second-order valence-corrected chi connectivity index (χ2v) is 5.63. The molecule has 2 fully saturated rings. The number of anilines is 1. The Labute approximate surface area is 114 Å². The summed E-state index contributed by atoms with van der Waals surface area (Å²) in [5.74, 6) is 0.600. The van der Waals surface area contributed by atoms with E-state index < -0.39 is 0 Å². The van der Waals surface area contributed by atoms with Gasteiger partial charge in [0.15, 0.2) is 0 Å². The Balaban J connectivity index is 1.53. The summed E-state index contributed by atoms with van der Waals surface area (Å²) < 4.78 is 12.9. The predicted molar refractivity (Wildman–Crippen MR) is 76.0 cm³/mol.